The highest BCUT2D eigenvalue weighted by atomic mass is 32.2. The van der Waals surface area contributed by atoms with E-state index in [0.717, 1.165) is 59.5 Å². The second-order valence-electron chi connectivity index (χ2n) is 7.67. The summed E-state index contributed by atoms with van der Waals surface area (Å²) in [6.45, 7) is 6.22. The van der Waals surface area contributed by atoms with Gasteiger partial charge >= 0.3 is 0 Å². The van der Waals surface area contributed by atoms with Crippen LogP contribution in [0.1, 0.15) is 25.3 Å². The van der Waals surface area contributed by atoms with Crippen molar-refractivity contribution in [3.8, 4) is 17.1 Å². The third kappa shape index (κ3) is 5.49. The van der Waals surface area contributed by atoms with Gasteiger partial charge in [0.05, 0.1) is 11.9 Å². The monoisotopic (exact) mass is 452 g/mol. The average molecular weight is 453 g/mol. The van der Waals surface area contributed by atoms with Crippen molar-refractivity contribution in [1.82, 2.24) is 14.8 Å². The van der Waals surface area contributed by atoms with Crippen molar-refractivity contribution in [2.24, 2.45) is 0 Å². The van der Waals surface area contributed by atoms with E-state index < -0.39 is 0 Å². The predicted octanol–water partition coefficient (Wildman–Crippen LogP) is 4.56. The number of nitrogens with zero attached hydrogens (tertiary/aromatic N) is 3. The van der Waals surface area contributed by atoms with Crippen LogP contribution in [-0.4, -0.2) is 45.7 Å². The minimum absolute atomic E-state index is 0.0916. The zero-order valence-electron chi connectivity index (χ0n) is 18.4. The Kier molecular flexibility index (Phi) is 7.44. The molecule has 1 aliphatic heterocycles. The molecule has 168 valence electrons. The van der Waals surface area contributed by atoms with Crippen molar-refractivity contribution < 1.29 is 14.3 Å². The summed E-state index contributed by atoms with van der Waals surface area (Å²) >= 11 is 1.38. The van der Waals surface area contributed by atoms with Gasteiger partial charge in [-0.3, -0.25) is 4.79 Å². The van der Waals surface area contributed by atoms with Gasteiger partial charge in [0.25, 0.3) is 0 Å². The molecule has 1 fully saturated rings. The van der Waals surface area contributed by atoms with Crippen molar-refractivity contribution >= 4 is 23.4 Å². The molecule has 32 heavy (non-hydrogen) atoms. The lowest BCUT2D eigenvalue weighted by Crippen LogP contribution is -2.16. The molecule has 1 saturated heterocycles. The normalized spacial score (nSPS) is 15.6. The van der Waals surface area contributed by atoms with Gasteiger partial charge in [-0.05, 0) is 56.5 Å². The molecule has 0 radical (unpaired) electrons. The van der Waals surface area contributed by atoms with E-state index in [2.05, 4.69) is 35.4 Å². The summed E-state index contributed by atoms with van der Waals surface area (Å²) in [5, 5.41) is 12.3. The second kappa shape index (κ2) is 10.7. The Morgan fingerprint density at radius 2 is 2.03 bits per heavy atom. The van der Waals surface area contributed by atoms with Crippen LogP contribution in [0.3, 0.4) is 0 Å². The highest BCUT2D eigenvalue weighted by Crippen LogP contribution is 2.26. The number of benzene rings is 2. The Labute approximate surface area is 192 Å². The summed E-state index contributed by atoms with van der Waals surface area (Å²) in [5.74, 6) is 1.76. The van der Waals surface area contributed by atoms with Crippen LogP contribution in [0.2, 0.25) is 0 Å². The van der Waals surface area contributed by atoms with Crippen LogP contribution in [0, 0.1) is 6.92 Å². The number of thioether (sulfide) groups is 1. The number of hydrogen-bond donors (Lipinski definition) is 1. The van der Waals surface area contributed by atoms with Gasteiger partial charge in [-0.25, -0.2) is 0 Å². The van der Waals surface area contributed by atoms with E-state index in [1.165, 1.54) is 11.8 Å². The van der Waals surface area contributed by atoms with E-state index in [1.807, 2.05) is 47.0 Å². The second-order valence-corrected chi connectivity index (χ2v) is 8.62. The van der Waals surface area contributed by atoms with Crippen molar-refractivity contribution in [3.05, 3.63) is 54.1 Å². The fourth-order valence-electron chi connectivity index (χ4n) is 3.63. The topological polar surface area (TPSA) is 78.3 Å². The van der Waals surface area contributed by atoms with Crippen LogP contribution in [0.5, 0.6) is 5.75 Å². The lowest BCUT2D eigenvalue weighted by atomic mass is 10.1. The molecule has 1 aliphatic rings. The SMILES string of the molecule is CCn1c(SCC(=O)Nc2ccc(OCC3CCCO3)cc2)nnc1-c1ccccc1C. The van der Waals surface area contributed by atoms with Gasteiger partial charge < -0.3 is 19.4 Å². The summed E-state index contributed by atoms with van der Waals surface area (Å²) in [6, 6.07) is 15.5. The molecule has 3 aromatic rings. The number of carbonyl (C=O) groups excluding carboxylic acids is 1. The van der Waals surface area contributed by atoms with E-state index in [4.69, 9.17) is 9.47 Å². The van der Waals surface area contributed by atoms with Gasteiger partial charge in [0.1, 0.15) is 12.4 Å². The van der Waals surface area contributed by atoms with Crippen molar-refractivity contribution in [2.45, 2.75) is 44.5 Å². The van der Waals surface area contributed by atoms with Crippen LogP contribution in [0.15, 0.2) is 53.7 Å². The molecule has 7 nitrogen and oxygen atoms in total. The smallest absolute Gasteiger partial charge is 0.234 e. The highest BCUT2D eigenvalue weighted by Gasteiger charge is 2.17. The molecule has 1 aromatic heterocycles. The molecule has 1 N–H and O–H groups in total. The van der Waals surface area contributed by atoms with E-state index in [1.54, 1.807) is 0 Å². The number of carbonyl (C=O) groups is 1. The first-order valence-electron chi connectivity index (χ1n) is 10.9. The zero-order valence-corrected chi connectivity index (χ0v) is 19.2. The third-order valence-corrected chi connectivity index (χ3v) is 6.32. The van der Waals surface area contributed by atoms with E-state index in [9.17, 15) is 4.79 Å². The first-order chi connectivity index (χ1) is 15.6. The Hall–Kier alpha value is -2.84. The molecule has 2 heterocycles. The van der Waals surface area contributed by atoms with E-state index in [0.29, 0.717) is 6.61 Å². The molecular formula is C24H28N4O3S. The minimum Gasteiger partial charge on any atom is -0.491 e. The average Bonchev–Trinajstić information content (AvgIpc) is 3.47. The predicted molar refractivity (Wildman–Crippen MR) is 126 cm³/mol. The number of aryl methyl sites for hydroxylation is 1. The number of nitrogens with one attached hydrogen (secondary N) is 1. The van der Waals surface area contributed by atoms with Crippen molar-refractivity contribution in [3.63, 3.8) is 0 Å². The standard InChI is InChI=1S/C24H28N4O3S/c1-3-28-23(21-9-5-4-7-17(21)2)26-27-24(28)32-16-22(29)25-18-10-12-19(13-11-18)31-15-20-8-6-14-30-20/h4-5,7,9-13,20H,3,6,8,14-16H2,1-2H3,(H,25,29). The molecular weight excluding hydrogens is 424 g/mol. The van der Waals surface area contributed by atoms with E-state index >= 15 is 0 Å². The molecule has 0 bridgehead atoms. The molecule has 1 amide bonds. The molecule has 0 spiro atoms. The molecule has 1 unspecified atom stereocenters. The summed E-state index contributed by atoms with van der Waals surface area (Å²) in [6.07, 6.45) is 2.32. The highest BCUT2D eigenvalue weighted by molar-refractivity contribution is 7.99. The first kappa shape index (κ1) is 22.4. The van der Waals surface area contributed by atoms with Gasteiger partial charge in [-0.15, -0.1) is 10.2 Å². The number of hydrogen-bond acceptors (Lipinski definition) is 6. The number of aromatic nitrogens is 3. The molecule has 1 atom stereocenters. The fourth-order valence-corrected chi connectivity index (χ4v) is 4.43. The van der Waals surface area contributed by atoms with Crippen LogP contribution >= 0.6 is 11.8 Å². The van der Waals surface area contributed by atoms with Gasteiger partial charge in [-0.1, -0.05) is 36.0 Å². The molecule has 2 aromatic carbocycles. The number of rotatable bonds is 9. The Balaban J connectivity index is 1.31. The minimum atomic E-state index is -0.0916. The van der Waals surface area contributed by atoms with Gasteiger partial charge in [0.15, 0.2) is 11.0 Å². The Bertz CT molecular complexity index is 1050. The van der Waals surface area contributed by atoms with E-state index in [-0.39, 0.29) is 17.8 Å². The van der Waals surface area contributed by atoms with Gasteiger partial charge in [0.2, 0.25) is 5.91 Å². The van der Waals surface area contributed by atoms with Gasteiger partial charge in [-0.2, -0.15) is 0 Å². The van der Waals surface area contributed by atoms with Crippen LogP contribution in [-0.2, 0) is 16.1 Å². The summed E-state index contributed by atoms with van der Waals surface area (Å²) in [5.41, 5.74) is 2.93. The lowest BCUT2D eigenvalue weighted by Gasteiger charge is -2.12. The maximum Gasteiger partial charge on any atom is 0.234 e. The maximum atomic E-state index is 12.5. The fraction of sp³-hybridized carbons (Fsp3) is 0.375. The Morgan fingerprint density at radius 1 is 1.22 bits per heavy atom. The lowest BCUT2D eigenvalue weighted by molar-refractivity contribution is -0.113. The Morgan fingerprint density at radius 3 is 2.75 bits per heavy atom. The summed E-state index contributed by atoms with van der Waals surface area (Å²) in [4.78, 5) is 12.5. The molecule has 4 rings (SSSR count). The molecule has 0 saturated carbocycles. The van der Waals surface area contributed by atoms with Crippen molar-refractivity contribution in [2.75, 3.05) is 24.3 Å². The number of anilines is 1. The van der Waals surface area contributed by atoms with Crippen molar-refractivity contribution in [1.29, 1.82) is 0 Å². The molecule has 0 aliphatic carbocycles. The van der Waals surface area contributed by atoms with Crippen LogP contribution < -0.4 is 10.1 Å². The quantitative estimate of drug-likeness (QED) is 0.480. The number of amides is 1. The maximum absolute atomic E-state index is 12.5. The summed E-state index contributed by atoms with van der Waals surface area (Å²) in [7, 11) is 0. The van der Waals surface area contributed by atoms with Gasteiger partial charge in [0, 0.05) is 24.4 Å². The third-order valence-electron chi connectivity index (χ3n) is 5.35. The van der Waals surface area contributed by atoms with Crippen LogP contribution in [0.4, 0.5) is 5.69 Å². The largest absolute Gasteiger partial charge is 0.491 e. The first-order valence-corrected chi connectivity index (χ1v) is 11.9. The van der Waals surface area contributed by atoms with Crippen LogP contribution in [0.25, 0.3) is 11.4 Å². The molecule has 8 heteroatoms. The number of ether oxygens (including phenoxy) is 2. The summed E-state index contributed by atoms with van der Waals surface area (Å²) < 4.78 is 13.4. The zero-order chi connectivity index (χ0) is 22.3.